The molecule has 0 aliphatic heterocycles. The highest BCUT2D eigenvalue weighted by Crippen LogP contribution is 2.14. The van der Waals surface area contributed by atoms with Gasteiger partial charge < -0.3 is 33.3 Å². The second-order valence-electron chi connectivity index (χ2n) is 14.2. The summed E-state index contributed by atoms with van der Waals surface area (Å²) in [4.78, 5) is 36.7. The van der Waals surface area contributed by atoms with Crippen molar-refractivity contribution in [3.05, 3.63) is 0 Å². The molecule has 47 heavy (non-hydrogen) atoms. The number of carboxylic acids is 1. The Bertz CT molecular complexity index is 754. The molecule has 9 nitrogen and oxygen atoms in total. The summed E-state index contributed by atoms with van der Waals surface area (Å²) in [5.41, 5.74) is 0. The molecule has 0 saturated carbocycles. The molecule has 0 aliphatic carbocycles. The number of hydrogen-bond acceptors (Lipinski definition) is 8. The highest BCUT2D eigenvalue weighted by atomic mass is 16.7. The topological polar surface area (TPSA) is 111 Å². The first-order valence-electron chi connectivity index (χ1n) is 19.2. The van der Waals surface area contributed by atoms with Crippen LogP contribution in [0, 0.1) is 0 Å². The molecule has 2 atom stereocenters. The Balaban J connectivity index is 4.53. The van der Waals surface area contributed by atoms with E-state index in [2.05, 4.69) is 13.8 Å². The minimum Gasteiger partial charge on any atom is -0.545 e. The molecule has 9 heteroatoms. The lowest BCUT2D eigenvalue weighted by atomic mass is 10.1. The van der Waals surface area contributed by atoms with Gasteiger partial charge in [-0.2, -0.15) is 0 Å². The van der Waals surface area contributed by atoms with E-state index in [0.29, 0.717) is 17.4 Å². The van der Waals surface area contributed by atoms with Crippen LogP contribution in [0.1, 0.15) is 168 Å². The Kier molecular flexibility index (Phi) is 30.4. The van der Waals surface area contributed by atoms with Gasteiger partial charge in [-0.15, -0.1) is 0 Å². The number of carbonyl (C=O) groups is 3. The number of ether oxygens (including phenoxy) is 4. The number of quaternary nitrogens is 1. The largest absolute Gasteiger partial charge is 0.545 e. The number of unbranched alkanes of at least 4 members (excludes halogenated alkanes) is 20. The summed E-state index contributed by atoms with van der Waals surface area (Å²) in [6, 6.07) is 0. The lowest BCUT2D eigenvalue weighted by molar-refractivity contribution is -0.870. The molecule has 0 saturated heterocycles. The van der Waals surface area contributed by atoms with Gasteiger partial charge in [0.15, 0.2) is 12.4 Å². The van der Waals surface area contributed by atoms with Crippen molar-refractivity contribution in [2.45, 2.75) is 180 Å². The van der Waals surface area contributed by atoms with Gasteiger partial charge in [-0.3, -0.25) is 9.59 Å². The highest BCUT2D eigenvalue weighted by Gasteiger charge is 2.21. The Morgan fingerprint density at radius 1 is 0.553 bits per heavy atom. The van der Waals surface area contributed by atoms with E-state index in [9.17, 15) is 19.5 Å². The summed E-state index contributed by atoms with van der Waals surface area (Å²) in [5, 5.41) is 11.6. The first-order valence-corrected chi connectivity index (χ1v) is 19.2. The monoisotopic (exact) mass is 672 g/mol. The van der Waals surface area contributed by atoms with Crippen LogP contribution >= 0.6 is 0 Å². The number of hydrogen-bond donors (Lipinski definition) is 0. The van der Waals surface area contributed by atoms with E-state index in [1.807, 2.05) is 21.1 Å². The molecular weight excluding hydrogens is 598 g/mol. The smallest absolute Gasteiger partial charge is 0.306 e. The van der Waals surface area contributed by atoms with Crippen LogP contribution in [0.15, 0.2) is 0 Å². The standard InChI is InChI=1S/C38H73NO8/c1-6-8-10-12-14-16-18-20-22-24-26-28-35(40)45-32-34(33-46-38(37(42)43)44-31-30-39(3,4)5)47-36(41)29-27-25-23-21-19-17-15-13-11-9-7-2/h34,38H,6-33H2,1-5H3. The van der Waals surface area contributed by atoms with E-state index >= 15 is 0 Å². The molecule has 0 bridgehead atoms. The molecule has 0 aromatic rings. The normalized spacial score (nSPS) is 13.0. The molecule has 0 aromatic carbocycles. The van der Waals surface area contributed by atoms with E-state index < -0.39 is 24.3 Å². The van der Waals surface area contributed by atoms with Crippen LogP contribution in [0.4, 0.5) is 0 Å². The number of carboxylic acid groups (broad SMARTS) is 1. The Labute approximate surface area is 288 Å². The van der Waals surface area contributed by atoms with Crippen molar-refractivity contribution in [1.29, 1.82) is 0 Å². The van der Waals surface area contributed by atoms with E-state index in [4.69, 9.17) is 18.9 Å². The fourth-order valence-electron chi connectivity index (χ4n) is 5.30. The van der Waals surface area contributed by atoms with Gasteiger partial charge >= 0.3 is 11.9 Å². The van der Waals surface area contributed by atoms with Crippen molar-refractivity contribution in [3.63, 3.8) is 0 Å². The molecule has 0 heterocycles. The summed E-state index contributed by atoms with van der Waals surface area (Å²) in [5.74, 6) is -2.28. The molecule has 0 aromatic heterocycles. The number of esters is 2. The molecule has 278 valence electrons. The molecule has 0 spiro atoms. The Hall–Kier alpha value is -1.71. The van der Waals surface area contributed by atoms with Crippen LogP contribution in [-0.4, -0.2) is 82.3 Å². The zero-order valence-corrected chi connectivity index (χ0v) is 31.2. The third-order valence-electron chi connectivity index (χ3n) is 8.35. The van der Waals surface area contributed by atoms with Gasteiger partial charge in [-0.25, -0.2) is 0 Å². The zero-order chi connectivity index (χ0) is 35.0. The first-order chi connectivity index (χ1) is 22.6. The van der Waals surface area contributed by atoms with Gasteiger partial charge in [0.25, 0.3) is 0 Å². The van der Waals surface area contributed by atoms with Crippen molar-refractivity contribution < 1.29 is 42.9 Å². The van der Waals surface area contributed by atoms with Crippen molar-refractivity contribution in [2.24, 2.45) is 0 Å². The zero-order valence-electron chi connectivity index (χ0n) is 31.2. The fraction of sp³-hybridized carbons (Fsp3) is 0.921. The molecule has 0 amide bonds. The number of rotatable bonds is 35. The fourth-order valence-corrected chi connectivity index (χ4v) is 5.30. The molecule has 0 radical (unpaired) electrons. The molecule has 0 aliphatic rings. The van der Waals surface area contributed by atoms with Crippen molar-refractivity contribution in [3.8, 4) is 0 Å². The Morgan fingerprint density at radius 2 is 0.957 bits per heavy atom. The van der Waals surface area contributed by atoms with Crippen LogP contribution in [0.2, 0.25) is 0 Å². The molecule has 0 N–H and O–H groups in total. The van der Waals surface area contributed by atoms with E-state index in [1.54, 1.807) is 0 Å². The van der Waals surface area contributed by atoms with Crippen molar-refractivity contribution in [2.75, 3.05) is 47.5 Å². The third-order valence-corrected chi connectivity index (χ3v) is 8.35. The lowest BCUT2D eigenvalue weighted by Gasteiger charge is -2.26. The predicted molar refractivity (Wildman–Crippen MR) is 187 cm³/mol. The van der Waals surface area contributed by atoms with Gasteiger partial charge in [0, 0.05) is 12.8 Å². The van der Waals surface area contributed by atoms with Crippen molar-refractivity contribution >= 4 is 17.9 Å². The number of likely N-dealkylation sites (N-methyl/N-ethyl adjacent to an activating group) is 1. The van der Waals surface area contributed by atoms with Crippen LogP contribution < -0.4 is 5.11 Å². The van der Waals surface area contributed by atoms with E-state index in [1.165, 1.54) is 103 Å². The summed E-state index contributed by atoms with van der Waals surface area (Å²) >= 11 is 0. The Morgan fingerprint density at radius 3 is 1.36 bits per heavy atom. The summed E-state index contributed by atoms with van der Waals surface area (Å²) < 4.78 is 22.4. The summed E-state index contributed by atoms with van der Waals surface area (Å²) in [7, 11) is 5.90. The maximum Gasteiger partial charge on any atom is 0.306 e. The predicted octanol–water partition coefficient (Wildman–Crippen LogP) is 7.66. The minimum absolute atomic E-state index is 0.152. The lowest BCUT2D eigenvalue weighted by Crippen LogP contribution is -2.44. The molecule has 2 unspecified atom stereocenters. The number of carbonyl (C=O) groups excluding carboxylic acids is 3. The molecular formula is C38H73NO8. The van der Waals surface area contributed by atoms with Gasteiger partial charge in [0.1, 0.15) is 13.2 Å². The quantitative estimate of drug-likeness (QED) is 0.0292. The summed E-state index contributed by atoms with van der Waals surface area (Å²) in [6.45, 7) is 4.72. The SMILES string of the molecule is CCCCCCCCCCCCCC(=O)OCC(COC(OCC[N+](C)(C)C)C(=O)[O-])OC(=O)CCCCCCCCCCCCC. The number of nitrogens with zero attached hydrogens (tertiary/aromatic N) is 1. The van der Waals surface area contributed by atoms with Gasteiger partial charge in [0.2, 0.25) is 0 Å². The van der Waals surface area contributed by atoms with Gasteiger partial charge in [-0.1, -0.05) is 142 Å². The first kappa shape index (κ1) is 45.3. The molecule has 0 fully saturated rings. The second-order valence-corrected chi connectivity index (χ2v) is 14.2. The van der Waals surface area contributed by atoms with Gasteiger partial charge in [-0.05, 0) is 12.8 Å². The van der Waals surface area contributed by atoms with Crippen LogP contribution in [-0.2, 0) is 33.3 Å². The third kappa shape index (κ3) is 32.6. The van der Waals surface area contributed by atoms with E-state index in [0.717, 1.165) is 38.5 Å². The second kappa shape index (κ2) is 31.6. The van der Waals surface area contributed by atoms with Crippen LogP contribution in [0.3, 0.4) is 0 Å². The average Bonchev–Trinajstić information content (AvgIpc) is 3.02. The van der Waals surface area contributed by atoms with E-state index in [-0.39, 0.29) is 32.2 Å². The van der Waals surface area contributed by atoms with Crippen molar-refractivity contribution in [1.82, 2.24) is 0 Å². The maximum absolute atomic E-state index is 12.6. The minimum atomic E-state index is -1.61. The average molecular weight is 672 g/mol. The maximum atomic E-state index is 12.6. The highest BCUT2D eigenvalue weighted by molar-refractivity contribution is 5.70. The van der Waals surface area contributed by atoms with Gasteiger partial charge in [0.05, 0.1) is 40.3 Å². The molecule has 0 rings (SSSR count). The number of aliphatic carboxylic acids is 1. The van der Waals surface area contributed by atoms with Crippen LogP contribution in [0.25, 0.3) is 0 Å². The summed E-state index contributed by atoms with van der Waals surface area (Å²) in [6.07, 6.45) is 24.2. The van der Waals surface area contributed by atoms with Crippen LogP contribution in [0.5, 0.6) is 0 Å².